The molecule has 150 valence electrons. The maximum Gasteiger partial charge on any atom is 0.159 e. The van der Waals surface area contributed by atoms with Gasteiger partial charge in [0.1, 0.15) is 17.8 Å². The first-order valence-corrected chi connectivity index (χ1v) is 10.2. The Morgan fingerprint density at radius 2 is 1.79 bits per heavy atom. The molecule has 2 heterocycles. The fourth-order valence-electron chi connectivity index (χ4n) is 3.42. The molecule has 0 amide bonds. The first-order valence-electron chi connectivity index (χ1n) is 9.44. The molecule has 1 fully saturated rings. The molecule has 0 unspecified atom stereocenters. The summed E-state index contributed by atoms with van der Waals surface area (Å²) in [5, 5.41) is 2.98. The lowest BCUT2D eigenvalue weighted by Gasteiger charge is -2.36. The zero-order valence-corrected chi connectivity index (χ0v) is 17.4. The summed E-state index contributed by atoms with van der Waals surface area (Å²) < 4.78 is 14.8. The molecule has 0 atom stereocenters. The van der Waals surface area contributed by atoms with Crippen molar-refractivity contribution in [2.75, 3.05) is 42.1 Å². The van der Waals surface area contributed by atoms with Gasteiger partial charge >= 0.3 is 0 Å². The number of rotatable bonds is 5. The van der Waals surface area contributed by atoms with Crippen molar-refractivity contribution < 1.29 is 4.39 Å². The molecular weight excluding hydrogens is 435 g/mol. The van der Waals surface area contributed by atoms with E-state index in [2.05, 4.69) is 65.3 Å². The van der Waals surface area contributed by atoms with E-state index < -0.39 is 0 Å². The summed E-state index contributed by atoms with van der Waals surface area (Å²) in [6.45, 7) is 4.41. The van der Waals surface area contributed by atoms with Crippen molar-refractivity contribution in [3.8, 4) is 0 Å². The Labute approximate surface area is 177 Å². The Bertz CT molecular complexity index is 976. The maximum atomic E-state index is 14.2. The van der Waals surface area contributed by atoms with Gasteiger partial charge in [0.2, 0.25) is 0 Å². The second-order valence-corrected chi connectivity index (χ2v) is 7.87. The largest absolute Gasteiger partial charge is 0.393 e. The third kappa shape index (κ3) is 4.65. The van der Waals surface area contributed by atoms with E-state index in [1.807, 2.05) is 6.07 Å². The van der Waals surface area contributed by atoms with E-state index in [1.54, 1.807) is 12.1 Å². The molecule has 6 nitrogen and oxygen atoms in total. The molecule has 4 rings (SSSR count). The van der Waals surface area contributed by atoms with Crippen LogP contribution in [0.25, 0.3) is 0 Å². The zero-order chi connectivity index (χ0) is 20.2. The van der Waals surface area contributed by atoms with Crippen molar-refractivity contribution in [1.82, 2.24) is 14.9 Å². The molecule has 3 N–H and O–H groups in total. The molecule has 0 spiro atoms. The quantitative estimate of drug-likeness (QED) is 0.603. The smallest absolute Gasteiger partial charge is 0.159 e. The highest BCUT2D eigenvalue weighted by molar-refractivity contribution is 9.10. The van der Waals surface area contributed by atoms with E-state index in [0.717, 1.165) is 32.7 Å². The number of nitrogens with one attached hydrogen (secondary N) is 1. The van der Waals surface area contributed by atoms with E-state index in [0.29, 0.717) is 27.5 Å². The SMILES string of the molecule is Nc1c(Nc2ccc(Br)cc2F)ncnc1N1CCN(Cc2ccccc2)CC1. The van der Waals surface area contributed by atoms with Gasteiger partial charge in [-0.3, -0.25) is 4.90 Å². The normalized spacial score (nSPS) is 14.8. The van der Waals surface area contributed by atoms with Crippen LogP contribution in [0.4, 0.5) is 27.4 Å². The van der Waals surface area contributed by atoms with Gasteiger partial charge in [-0.15, -0.1) is 0 Å². The first-order chi connectivity index (χ1) is 14.1. The van der Waals surface area contributed by atoms with Crippen LogP contribution < -0.4 is 16.0 Å². The van der Waals surface area contributed by atoms with Gasteiger partial charge in [-0.25, -0.2) is 14.4 Å². The van der Waals surface area contributed by atoms with Crippen LogP contribution in [0.1, 0.15) is 5.56 Å². The lowest BCUT2D eigenvalue weighted by Crippen LogP contribution is -2.46. The number of nitrogen functional groups attached to an aromatic ring is 1. The summed E-state index contributed by atoms with van der Waals surface area (Å²) in [7, 11) is 0. The van der Waals surface area contributed by atoms with Crippen LogP contribution in [0.3, 0.4) is 0 Å². The minimum Gasteiger partial charge on any atom is -0.393 e. The highest BCUT2D eigenvalue weighted by Gasteiger charge is 2.21. The molecule has 0 aliphatic carbocycles. The highest BCUT2D eigenvalue weighted by atomic mass is 79.9. The van der Waals surface area contributed by atoms with Gasteiger partial charge in [-0.2, -0.15) is 0 Å². The molecule has 1 aromatic heterocycles. The summed E-state index contributed by atoms with van der Waals surface area (Å²) in [6, 6.07) is 15.3. The Morgan fingerprint density at radius 1 is 1.03 bits per heavy atom. The predicted molar refractivity (Wildman–Crippen MR) is 118 cm³/mol. The summed E-state index contributed by atoms with van der Waals surface area (Å²) >= 11 is 3.26. The van der Waals surface area contributed by atoms with E-state index in [1.165, 1.54) is 18.0 Å². The Morgan fingerprint density at radius 3 is 2.52 bits per heavy atom. The Kier molecular flexibility index (Phi) is 5.92. The van der Waals surface area contributed by atoms with Gasteiger partial charge in [0.25, 0.3) is 0 Å². The number of aromatic nitrogens is 2. The first kappa shape index (κ1) is 19.6. The monoisotopic (exact) mass is 456 g/mol. The number of piperazine rings is 1. The van der Waals surface area contributed by atoms with Crippen LogP contribution in [-0.2, 0) is 6.54 Å². The van der Waals surface area contributed by atoms with Crippen LogP contribution in [0.5, 0.6) is 0 Å². The summed E-state index contributed by atoms with van der Waals surface area (Å²) in [6.07, 6.45) is 1.46. The average Bonchev–Trinajstić information content (AvgIpc) is 2.73. The molecule has 0 radical (unpaired) electrons. The Hall–Kier alpha value is -2.71. The standard InChI is InChI=1S/C21H22BrFN6/c22-16-6-7-18(17(23)12-16)27-20-19(24)21(26-14-25-20)29-10-8-28(9-11-29)13-15-4-2-1-3-5-15/h1-7,12,14H,8-11,13,24H2,(H,25,26,27). The second kappa shape index (κ2) is 8.75. The summed E-state index contributed by atoms with van der Waals surface area (Å²) in [5.74, 6) is 0.704. The van der Waals surface area contributed by atoms with Gasteiger partial charge in [-0.05, 0) is 23.8 Å². The van der Waals surface area contributed by atoms with E-state index in [-0.39, 0.29) is 5.82 Å². The molecule has 29 heavy (non-hydrogen) atoms. The van der Waals surface area contributed by atoms with Gasteiger partial charge in [0.05, 0.1) is 5.69 Å². The summed E-state index contributed by atoms with van der Waals surface area (Å²) in [5.41, 5.74) is 8.38. The van der Waals surface area contributed by atoms with Crippen molar-refractivity contribution >= 4 is 38.9 Å². The van der Waals surface area contributed by atoms with Gasteiger partial charge in [0, 0.05) is 37.2 Å². The van der Waals surface area contributed by atoms with Crippen molar-refractivity contribution in [3.63, 3.8) is 0 Å². The lowest BCUT2D eigenvalue weighted by molar-refractivity contribution is 0.249. The molecule has 0 bridgehead atoms. The number of hydrogen-bond acceptors (Lipinski definition) is 6. The van der Waals surface area contributed by atoms with Crippen LogP contribution in [0.15, 0.2) is 59.3 Å². The van der Waals surface area contributed by atoms with Crippen molar-refractivity contribution in [2.45, 2.75) is 6.54 Å². The van der Waals surface area contributed by atoms with E-state index in [9.17, 15) is 4.39 Å². The van der Waals surface area contributed by atoms with Crippen LogP contribution in [0.2, 0.25) is 0 Å². The van der Waals surface area contributed by atoms with Crippen LogP contribution in [-0.4, -0.2) is 41.0 Å². The third-order valence-corrected chi connectivity index (χ3v) is 5.46. The van der Waals surface area contributed by atoms with Crippen molar-refractivity contribution in [2.24, 2.45) is 0 Å². The lowest BCUT2D eigenvalue weighted by atomic mass is 10.2. The predicted octanol–water partition coefficient (Wildman–Crippen LogP) is 4.03. The molecule has 1 saturated heterocycles. The van der Waals surface area contributed by atoms with E-state index in [4.69, 9.17) is 5.73 Å². The minimum atomic E-state index is -0.381. The highest BCUT2D eigenvalue weighted by Crippen LogP contribution is 2.30. The fourth-order valence-corrected chi connectivity index (χ4v) is 3.75. The number of anilines is 4. The number of hydrogen-bond donors (Lipinski definition) is 2. The van der Waals surface area contributed by atoms with Gasteiger partial charge in [0.15, 0.2) is 11.6 Å². The molecule has 1 aliphatic rings. The number of benzene rings is 2. The molecule has 0 saturated carbocycles. The molecular formula is C21H22BrFN6. The van der Waals surface area contributed by atoms with Crippen LogP contribution >= 0.6 is 15.9 Å². The van der Waals surface area contributed by atoms with E-state index >= 15 is 0 Å². The minimum absolute atomic E-state index is 0.317. The molecule has 2 aromatic carbocycles. The second-order valence-electron chi connectivity index (χ2n) is 6.96. The molecule has 8 heteroatoms. The van der Waals surface area contributed by atoms with Gasteiger partial charge < -0.3 is 16.0 Å². The molecule has 3 aromatic rings. The Balaban J connectivity index is 1.44. The van der Waals surface area contributed by atoms with Crippen molar-refractivity contribution in [3.05, 3.63) is 70.7 Å². The average molecular weight is 457 g/mol. The number of nitrogens with two attached hydrogens (primary N) is 1. The summed E-state index contributed by atoms with van der Waals surface area (Å²) in [4.78, 5) is 13.2. The number of nitrogens with zero attached hydrogens (tertiary/aromatic N) is 4. The molecule has 1 aliphatic heterocycles. The zero-order valence-electron chi connectivity index (χ0n) is 15.9. The fraction of sp³-hybridized carbons (Fsp3) is 0.238. The van der Waals surface area contributed by atoms with Crippen molar-refractivity contribution in [1.29, 1.82) is 0 Å². The van der Waals surface area contributed by atoms with Crippen LogP contribution in [0, 0.1) is 5.82 Å². The maximum absolute atomic E-state index is 14.2. The van der Waals surface area contributed by atoms with Gasteiger partial charge in [-0.1, -0.05) is 46.3 Å². The number of halogens is 2. The third-order valence-electron chi connectivity index (χ3n) is 4.97. The topological polar surface area (TPSA) is 70.3 Å².